The van der Waals surface area contributed by atoms with Crippen molar-refractivity contribution < 1.29 is 78.2 Å². The van der Waals surface area contributed by atoms with Crippen LogP contribution in [-0.2, 0) is 4.74 Å². The Bertz CT molecular complexity index is 422. The molecule has 1 aromatic carbocycles. The van der Waals surface area contributed by atoms with Crippen LogP contribution in [0.4, 0.5) is 17.3 Å². The molecule has 1 saturated heterocycles. The molecule has 19 heavy (non-hydrogen) atoms. The molecule has 0 N–H and O–H groups in total. The monoisotopic (exact) mass is 302 g/mol. The van der Waals surface area contributed by atoms with Crippen molar-refractivity contribution in [1.29, 1.82) is 0 Å². The van der Waals surface area contributed by atoms with Crippen molar-refractivity contribution >= 4 is 12.4 Å². The van der Waals surface area contributed by atoms with Crippen LogP contribution in [0.5, 0.6) is 5.75 Å². The summed E-state index contributed by atoms with van der Waals surface area (Å²) in [6.45, 7) is -4.22. The molecule has 0 spiro atoms. The first-order valence-electron chi connectivity index (χ1n) is 5.70. The molecule has 0 unspecified atom stereocenters. The molecule has 1 fully saturated rings. The first kappa shape index (κ1) is 17.5. The van der Waals surface area contributed by atoms with Crippen molar-refractivity contribution in [3.05, 3.63) is 24.0 Å². The minimum Gasteiger partial charge on any atom is -0.490 e. The number of hydrogen-bond donors (Lipinski definition) is 0. The van der Waals surface area contributed by atoms with Gasteiger partial charge in [-0.05, 0) is 6.07 Å². The predicted molar refractivity (Wildman–Crippen MR) is 59.6 cm³/mol. The van der Waals surface area contributed by atoms with Gasteiger partial charge in [0.2, 0.25) is 0 Å². The molecular formula is C11H12BF4KO2. The van der Waals surface area contributed by atoms with Crippen molar-refractivity contribution in [2.24, 2.45) is 0 Å². The van der Waals surface area contributed by atoms with Crippen LogP contribution in [0.2, 0.25) is 0 Å². The molecule has 8 heteroatoms. The van der Waals surface area contributed by atoms with E-state index in [1.54, 1.807) is 0 Å². The van der Waals surface area contributed by atoms with Gasteiger partial charge < -0.3 is 22.4 Å². The molecule has 0 amide bonds. The van der Waals surface area contributed by atoms with Gasteiger partial charge in [-0.25, -0.2) is 4.39 Å². The van der Waals surface area contributed by atoms with E-state index in [0.29, 0.717) is 26.1 Å². The van der Waals surface area contributed by atoms with Gasteiger partial charge in [0.05, 0.1) is 19.0 Å². The SMILES string of the molecule is Fc1cc(OC2CCOCC2)ccc1[B-](F)(F)F.[K+]. The summed E-state index contributed by atoms with van der Waals surface area (Å²) >= 11 is 0. The third-order valence-electron chi connectivity index (χ3n) is 2.80. The van der Waals surface area contributed by atoms with Crippen LogP contribution in [-0.4, -0.2) is 26.3 Å². The van der Waals surface area contributed by atoms with Crippen LogP contribution >= 0.6 is 0 Å². The van der Waals surface area contributed by atoms with Gasteiger partial charge >= 0.3 is 58.4 Å². The van der Waals surface area contributed by atoms with E-state index in [1.807, 2.05) is 0 Å². The Hall–Kier alpha value is 0.401. The Morgan fingerprint density at radius 3 is 2.32 bits per heavy atom. The van der Waals surface area contributed by atoms with Crippen molar-refractivity contribution in [2.45, 2.75) is 18.9 Å². The quantitative estimate of drug-likeness (QED) is 0.551. The van der Waals surface area contributed by atoms with Crippen molar-refractivity contribution in [3.8, 4) is 5.75 Å². The van der Waals surface area contributed by atoms with Gasteiger partial charge in [-0.3, -0.25) is 0 Å². The first-order chi connectivity index (χ1) is 8.47. The maximum atomic E-state index is 13.3. The molecule has 1 heterocycles. The van der Waals surface area contributed by atoms with E-state index in [9.17, 15) is 17.3 Å². The molecule has 0 saturated carbocycles. The van der Waals surface area contributed by atoms with Crippen LogP contribution in [0.25, 0.3) is 0 Å². The van der Waals surface area contributed by atoms with Gasteiger partial charge in [-0.1, -0.05) is 11.5 Å². The van der Waals surface area contributed by atoms with Crippen molar-refractivity contribution in [3.63, 3.8) is 0 Å². The van der Waals surface area contributed by atoms with Crippen LogP contribution in [0.1, 0.15) is 12.8 Å². The number of hydrogen-bond acceptors (Lipinski definition) is 2. The van der Waals surface area contributed by atoms with E-state index >= 15 is 0 Å². The number of rotatable bonds is 3. The Morgan fingerprint density at radius 2 is 1.79 bits per heavy atom. The van der Waals surface area contributed by atoms with Crippen LogP contribution in [0, 0.1) is 5.82 Å². The summed E-state index contributed by atoms with van der Waals surface area (Å²) in [6.07, 6.45) is 1.19. The van der Waals surface area contributed by atoms with Gasteiger partial charge in [0, 0.05) is 18.9 Å². The molecule has 100 valence electrons. The number of ether oxygens (including phenoxy) is 2. The zero-order valence-corrected chi connectivity index (χ0v) is 13.7. The van der Waals surface area contributed by atoms with Gasteiger partial charge in [-0.2, -0.15) is 0 Å². The second-order valence-electron chi connectivity index (χ2n) is 4.19. The number of halogens is 4. The second-order valence-corrected chi connectivity index (χ2v) is 4.19. The van der Waals surface area contributed by atoms with E-state index in [0.717, 1.165) is 18.2 Å². The standard InChI is InChI=1S/C11H12BF4O2.K/c13-11-7-9(1-2-10(11)12(14,15)16)18-8-3-5-17-6-4-8;/h1-2,7-8H,3-6H2;/q-1;+1. The number of benzene rings is 1. The summed E-state index contributed by atoms with van der Waals surface area (Å²) in [5, 5.41) is 0. The van der Waals surface area contributed by atoms with Gasteiger partial charge in [0.1, 0.15) is 11.9 Å². The van der Waals surface area contributed by atoms with E-state index in [-0.39, 0.29) is 63.2 Å². The second kappa shape index (κ2) is 7.42. The molecule has 2 nitrogen and oxygen atoms in total. The van der Waals surface area contributed by atoms with Crippen LogP contribution in [0.3, 0.4) is 0 Å². The van der Waals surface area contributed by atoms with Gasteiger partial charge in [0.25, 0.3) is 0 Å². The topological polar surface area (TPSA) is 18.5 Å². The predicted octanol–water partition coefficient (Wildman–Crippen LogP) is -0.558. The molecular weight excluding hydrogens is 290 g/mol. The largest absolute Gasteiger partial charge is 1.00 e. The average molecular weight is 302 g/mol. The molecule has 0 bridgehead atoms. The molecule has 0 aliphatic carbocycles. The summed E-state index contributed by atoms with van der Waals surface area (Å²) in [5.41, 5.74) is -1.21. The third-order valence-corrected chi connectivity index (χ3v) is 2.80. The van der Waals surface area contributed by atoms with Gasteiger partial charge in [0.15, 0.2) is 0 Å². The molecule has 0 atom stereocenters. The Morgan fingerprint density at radius 1 is 1.16 bits per heavy atom. The van der Waals surface area contributed by atoms with E-state index in [4.69, 9.17) is 9.47 Å². The molecule has 1 aliphatic heterocycles. The zero-order chi connectivity index (χ0) is 13.2. The maximum absolute atomic E-state index is 13.3. The first-order valence-corrected chi connectivity index (χ1v) is 5.70. The van der Waals surface area contributed by atoms with E-state index in [1.165, 1.54) is 0 Å². The fourth-order valence-corrected chi connectivity index (χ4v) is 1.83. The Balaban J connectivity index is 0.00000180. The van der Waals surface area contributed by atoms with Crippen LogP contribution < -0.4 is 61.6 Å². The summed E-state index contributed by atoms with van der Waals surface area (Å²) < 4.78 is 61.1. The van der Waals surface area contributed by atoms with Gasteiger partial charge in [-0.15, -0.1) is 0 Å². The molecule has 0 aromatic heterocycles. The fourth-order valence-electron chi connectivity index (χ4n) is 1.83. The Labute approximate surface area is 151 Å². The summed E-state index contributed by atoms with van der Waals surface area (Å²) in [7, 11) is 0. The molecule has 1 aromatic rings. The minimum absolute atomic E-state index is 0. The summed E-state index contributed by atoms with van der Waals surface area (Å²) in [4.78, 5) is 0. The van der Waals surface area contributed by atoms with Crippen molar-refractivity contribution in [2.75, 3.05) is 13.2 Å². The maximum Gasteiger partial charge on any atom is 1.00 e. The van der Waals surface area contributed by atoms with E-state index in [2.05, 4.69) is 0 Å². The van der Waals surface area contributed by atoms with Crippen LogP contribution in [0.15, 0.2) is 18.2 Å². The minimum atomic E-state index is -5.32. The average Bonchev–Trinajstić information content (AvgIpc) is 2.28. The van der Waals surface area contributed by atoms with E-state index < -0.39 is 18.3 Å². The fraction of sp³-hybridized carbons (Fsp3) is 0.455. The molecule has 2 rings (SSSR count). The smallest absolute Gasteiger partial charge is 0.490 e. The summed E-state index contributed by atoms with van der Waals surface area (Å²) in [5.74, 6) is -1.16. The normalized spacial score (nSPS) is 16.8. The molecule has 1 aliphatic rings. The van der Waals surface area contributed by atoms with Crippen molar-refractivity contribution in [1.82, 2.24) is 0 Å². The molecule has 0 radical (unpaired) electrons. The zero-order valence-electron chi connectivity index (χ0n) is 10.5. The summed E-state index contributed by atoms with van der Waals surface area (Å²) in [6, 6.07) is 2.67. The Kier molecular flexibility index (Phi) is 6.82. The third kappa shape index (κ3) is 5.02.